The molecule has 0 radical (unpaired) electrons. The lowest BCUT2D eigenvalue weighted by atomic mass is 9.44. The fourth-order valence-electron chi connectivity index (χ4n) is 10.5. The zero-order valence-electron chi connectivity index (χ0n) is 21.7. The lowest BCUT2D eigenvalue weighted by molar-refractivity contribution is -0.167. The first kappa shape index (κ1) is 24.1. The van der Waals surface area contributed by atoms with Crippen molar-refractivity contribution in [1.82, 2.24) is 4.90 Å². The summed E-state index contributed by atoms with van der Waals surface area (Å²) >= 11 is 0. The van der Waals surface area contributed by atoms with Crippen molar-refractivity contribution in [3.8, 4) is 0 Å². The summed E-state index contributed by atoms with van der Waals surface area (Å²) in [7, 11) is 0. The Morgan fingerprint density at radius 1 is 0.970 bits per heavy atom. The van der Waals surface area contributed by atoms with Crippen molar-refractivity contribution < 1.29 is 15.0 Å². The molecule has 5 fully saturated rings. The van der Waals surface area contributed by atoms with Crippen molar-refractivity contribution in [2.75, 3.05) is 6.54 Å². The topological polar surface area (TPSA) is 60.8 Å². The summed E-state index contributed by atoms with van der Waals surface area (Å²) in [6.07, 6.45) is 14.3. The number of amides is 1. The zero-order valence-corrected chi connectivity index (χ0v) is 21.7. The molecule has 4 heteroatoms. The van der Waals surface area contributed by atoms with Crippen LogP contribution >= 0.6 is 0 Å². The van der Waals surface area contributed by atoms with E-state index in [1.165, 1.54) is 38.5 Å². The molecule has 0 aromatic heterocycles. The van der Waals surface area contributed by atoms with Crippen LogP contribution in [0.1, 0.15) is 111 Å². The molecule has 1 heterocycles. The SMILES string of the molecule is CCC(=O)N1CCCCC1[C@](C)(O)[C@H]1CC[C@H]2[C@@H]3CC[C@H]4C[C@@H](O)CC[C@]4(C)[C@H]3CC[C@@]21C. The smallest absolute Gasteiger partial charge is 0.222 e. The third-order valence-corrected chi connectivity index (χ3v) is 12.1. The number of likely N-dealkylation sites (tertiary alicyclic amines) is 1. The maximum Gasteiger partial charge on any atom is 0.222 e. The Labute approximate surface area is 201 Å². The second-order valence-electron chi connectivity index (χ2n) is 13.4. The minimum atomic E-state index is -0.808. The molecule has 4 saturated carbocycles. The summed E-state index contributed by atoms with van der Waals surface area (Å²) in [5, 5.41) is 22.5. The number of nitrogens with zero attached hydrogens (tertiary/aromatic N) is 1. The van der Waals surface area contributed by atoms with E-state index < -0.39 is 5.60 Å². The van der Waals surface area contributed by atoms with Gasteiger partial charge in [-0.05, 0) is 124 Å². The van der Waals surface area contributed by atoms with Crippen LogP contribution < -0.4 is 0 Å². The first-order chi connectivity index (χ1) is 15.6. The van der Waals surface area contributed by atoms with Gasteiger partial charge < -0.3 is 15.1 Å². The van der Waals surface area contributed by atoms with Crippen molar-refractivity contribution in [2.45, 2.75) is 129 Å². The van der Waals surface area contributed by atoms with Gasteiger partial charge in [0, 0.05) is 13.0 Å². The molecule has 1 saturated heterocycles. The average Bonchev–Trinajstić information content (AvgIpc) is 3.17. The highest BCUT2D eigenvalue weighted by atomic mass is 16.3. The van der Waals surface area contributed by atoms with Crippen LogP contribution in [-0.2, 0) is 4.79 Å². The van der Waals surface area contributed by atoms with E-state index in [0.29, 0.717) is 23.7 Å². The summed E-state index contributed by atoms with van der Waals surface area (Å²) in [5.41, 5.74) is -0.226. The van der Waals surface area contributed by atoms with E-state index in [9.17, 15) is 15.0 Å². The maximum absolute atomic E-state index is 12.8. The van der Waals surface area contributed by atoms with E-state index in [2.05, 4.69) is 20.8 Å². The minimum Gasteiger partial charge on any atom is -0.393 e. The highest BCUT2D eigenvalue weighted by Gasteiger charge is 2.63. The molecule has 0 aromatic rings. The number of hydrogen-bond acceptors (Lipinski definition) is 3. The summed E-state index contributed by atoms with van der Waals surface area (Å²) in [6.45, 7) is 9.93. The molecule has 5 aliphatic rings. The summed E-state index contributed by atoms with van der Waals surface area (Å²) < 4.78 is 0. The highest BCUT2D eigenvalue weighted by molar-refractivity contribution is 5.76. The Morgan fingerprint density at radius 3 is 2.45 bits per heavy atom. The van der Waals surface area contributed by atoms with E-state index in [1.807, 2.05) is 11.8 Å². The number of carbonyl (C=O) groups is 1. The minimum absolute atomic E-state index is 0.0231. The molecule has 1 amide bonds. The predicted molar refractivity (Wildman–Crippen MR) is 131 cm³/mol. The third-order valence-electron chi connectivity index (χ3n) is 12.1. The number of piperidine rings is 1. The van der Waals surface area contributed by atoms with Gasteiger partial charge in [-0.15, -0.1) is 0 Å². The summed E-state index contributed by atoms with van der Waals surface area (Å²) in [4.78, 5) is 14.8. The van der Waals surface area contributed by atoms with Crippen LogP contribution in [0.4, 0.5) is 0 Å². The largest absolute Gasteiger partial charge is 0.393 e. The van der Waals surface area contributed by atoms with Gasteiger partial charge in [0.05, 0.1) is 17.7 Å². The molecule has 4 nitrogen and oxygen atoms in total. The number of rotatable bonds is 3. The molecule has 2 N–H and O–H groups in total. The average molecular weight is 460 g/mol. The van der Waals surface area contributed by atoms with Gasteiger partial charge in [0.15, 0.2) is 0 Å². The molecule has 1 unspecified atom stereocenters. The van der Waals surface area contributed by atoms with Crippen LogP contribution in [0.3, 0.4) is 0 Å². The molecular formula is C29H49NO3. The lowest BCUT2D eigenvalue weighted by Gasteiger charge is -2.62. The fourth-order valence-corrected chi connectivity index (χ4v) is 10.5. The van der Waals surface area contributed by atoms with E-state index in [-0.39, 0.29) is 29.4 Å². The fraction of sp³-hybridized carbons (Fsp3) is 0.966. The number of fused-ring (bicyclic) bond motifs is 5. The molecule has 188 valence electrons. The second kappa shape index (κ2) is 8.50. The normalized spacial score (nSPS) is 49.5. The molecule has 0 bridgehead atoms. The molecule has 33 heavy (non-hydrogen) atoms. The van der Waals surface area contributed by atoms with Crippen molar-refractivity contribution in [3.05, 3.63) is 0 Å². The van der Waals surface area contributed by atoms with Crippen LogP contribution in [0.15, 0.2) is 0 Å². The van der Waals surface area contributed by atoms with Crippen LogP contribution in [0, 0.1) is 40.4 Å². The van der Waals surface area contributed by atoms with Gasteiger partial charge in [0.2, 0.25) is 5.91 Å². The Morgan fingerprint density at radius 2 is 1.70 bits per heavy atom. The quantitative estimate of drug-likeness (QED) is 0.582. The first-order valence-electron chi connectivity index (χ1n) is 14.3. The van der Waals surface area contributed by atoms with Crippen molar-refractivity contribution in [1.29, 1.82) is 0 Å². The predicted octanol–water partition coefficient (Wildman–Crippen LogP) is 5.55. The number of carbonyl (C=O) groups excluding carboxylic acids is 1. The van der Waals surface area contributed by atoms with Crippen LogP contribution in [0.5, 0.6) is 0 Å². The van der Waals surface area contributed by atoms with Gasteiger partial charge in [0.1, 0.15) is 0 Å². The third kappa shape index (κ3) is 3.63. The molecule has 5 rings (SSSR count). The first-order valence-corrected chi connectivity index (χ1v) is 14.3. The standard InChI is InChI=1S/C29H49NO3/c1-5-26(32)30-17-7-6-8-25(30)29(4,33)24-12-11-22-21-10-9-19-18-20(31)13-15-27(19,2)23(21)14-16-28(22,24)3/h19-25,31,33H,5-18H2,1-4H3/t19-,20-,21-,22-,23-,24-,25?,27-,28-,29+/m0/s1. The van der Waals surface area contributed by atoms with E-state index in [1.54, 1.807) is 0 Å². The van der Waals surface area contributed by atoms with Crippen LogP contribution in [0.25, 0.3) is 0 Å². The Bertz CT molecular complexity index is 751. The van der Waals surface area contributed by atoms with E-state index >= 15 is 0 Å². The van der Waals surface area contributed by atoms with Crippen LogP contribution in [-0.4, -0.2) is 45.3 Å². The monoisotopic (exact) mass is 459 g/mol. The van der Waals surface area contributed by atoms with Gasteiger partial charge >= 0.3 is 0 Å². The second-order valence-corrected chi connectivity index (χ2v) is 13.4. The van der Waals surface area contributed by atoms with Gasteiger partial charge in [-0.25, -0.2) is 0 Å². The Balaban J connectivity index is 1.39. The van der Waals surface area contributed by atoms with Crippen molar-refractivity contribution >= 4 is 5.91 Å². The molecule has 10 atom stereocenters. The lowest BCUT2D eigenvalue weighted by Crippen LogP contribution is -2.62. The van der Waals surface area contributed by atoms with Crippen molar-refractivity contribution in [2.24, 2.45) is 40.4 Å². The molecular weight excluding hydrogens is 410 g/mol. The van der Waals surface area contributed by atoms with E-state index in [4.69, 9.17) is 0 Å². The van der Waals surface area contributed by atoms with E-state index in [0.717, 1.165) is 56.9 Å². The summed E-state index contributed by atoms with van der Waals surface area (Å²) in [5.74, 6) is 3.47. The summed E-state index contributed by atoms with van der Waals surface area (Å²) in [6, 6.07) is -0.0231. The molecule has 0 spiro atoms. The van der Waals surface area contributed by atoms with Gasteiger partial charge in [-0.1, -0.05) is 20.8 Å². The number of aliphatic hydroxyl groups is 2. The Hall–Kier alpha value is -0.610. The maximum atomic E-state index is 12.8. The zero-order chi connectivity index (χ0) is 23.6. The molecule has 1 aliphatic heterocycles. The molecule has 0 aromatic carbocycles. The number of hydrogen-bond donors (Lipinski definition) is 2. The van der Waals surface area contributed by atoms with Crippen LogP contribution in [0.2, 0.25) is 0 Å². The molecule has 4 aliphatic carbocycles. The highest BCUT2D eigenvalue weighted by Crippen LogP contribution is 2.69. The number of aliphatic hydroxyl groups excluding tert-OH is 1. The Kier molecular flexibility index (Phi) is 6.21. The van der Waals surface area contributed by atoms with Gasteiger partial charge in [-0.2, -0.15) is 0 Å². The van der Waals surface area contributed by atoms with Crippen molar-refractivity contribution in [3.63, 3.8) is 0 Å². The van der Waals surface area contributed by atoms with Gasteiger partial charge in [0.25, 0.3) is 0 Å². The van der Waals surface area contributed by atoms with Gasteiger partial charge in [-0.3, -0.25) is 4.79 Å².